The maximum Gasteiger partial charge on any atom is 0.355 e. The van der Waals surface area contributed by atoms with E-state index in [0.29, 0.717) is 12.5 Å². The number of carbonyl (C=O) groups is 1. The van der Waals surface area contributed by atoms with E-state index in [1.54, 1.807) is 5.38 Å². The maximum atomic E-state index is 11.3. The summed E-state index contributed by atoms with van der Waals surface area (Å²) in [7, 11) is 0. The Kier molecular flexibility index (Phi) is 7.66. The molecule has 0 atom stereocenters. The predicted octanol–water partition coefficient (Wildman–Crippen LogP) is 6.37. The van der Waals surface area contributed by atoms with E-state index >= 15 is 0 Å². The van der Waals surface area contributed by atoms with Gasteiger partial charge in [0, 0.05) is 17.8 Å². The lowest BCUT2D eigenvalue weighted by Gasteiger charge is -2.25. The molecule has 0 radical (unpaired) electrons. The molecule has 0 saturated heterocycles. The highest BCUT2D eigenvalue weighted by Gasteiger charge is 2.18. The van der Waals surface area contributed by atoms with Gasteiger partial charge in [0.2, 0.25) is 0 Å². The summed E-state index contributed by atoms with van der Waals surface area (Å²) >= 11 is 1.41. The van der Waals surface area contributed by atoms with Crippen molar-refractivity contribution in [3.05, 3.63) is 123 Å². The fourth-order valence-corrected chi connectivity index (χ4v) is 4.86. The number of aromatic nitrogens is 1. The Balaban J connectivity index is 1.55. The van der Waals surface area contributed by atoms with Crippen LogP contribution >= 0.6 is 11.3 Å². The molecule has 1 N–H and O–H groups in total. The van der Waals surface area contributed by atoms with Crippen LogP contribution < -0.4 is 0 Å². The van der Waals surface area contributed by atoms with Crippen molar-refractivity contribution in [3.8, 4) is 0 Å². The first-order valence-electron chi connectivity index (χ1n) is 11.1. The second-order valence-corrected chi connectivity index (χ2v) is 9.23. The second-order valence-electron chi connectivity index (χ2n) is 8.29. The van der Waals surface area contributed by atoms with Crippen LogP contribution in [0.2, 0.25) is 0 Å². The van der Waals surface area contributed by atoms with Crippen molar-refractivity contribution in [2.75, 3.05) is 6.54 Å². The van der Waals surface area contributed by atoms with Crippen LogP contribution in [0.3, 0.4) is 0 Å². The van der Waals surface area contributed by atoms with E-state index in [0.717, 1.165) is 24.5 Å². The largest absolute Gasteiger partial charge is 0.476 e. The van der Waals surface area contributed by atoms with E-state index in [2.05, 4.69) is 102 Å². The summed E-state index contributed by atoms with van der Waals surface area (Å²) in [6, 6.07) is 29.9. The number of carboxylic acid groups (broad SMARTS) is 1. The molecule has 3 aromatic carbocycles. The molecule has 33 heavy (non-hydrogen) atoms. The SMILES string of the molecule is Cc1ccc(CN(CCC(c2ccccc2)c2ccccc2)Cc2nc(C(=O)O)cs2)cc1. The molecule has 0 spiro atoms. The van der Waals surface area contributed by atoms with Gasteiger partial charge < -0.3 is 5.11 Å². The van der Waals surface area contributed by atoms with E-state index < -0.39 is 5.97 Å². The van der Waals surface area contributed by atoms with Crippen LogP contribution in [0.25, 0.3) is 0 Å². The molecule has 0 aliphatic rings. The van der Waals surface area contributed by atoms with Crippen LogP contribution in [-0.2, 0) is 13.1 Å². The molecule has 0 unspecified atom stereocenters. The molecule has 1 aromatic heterocycles. The van der Waals surface area contributed by atoms with Gasteiger partial charge in [0.05, 0.1) is 6.54 Å². The predicted molar refractivity (Wildman–Crippen MR) is 134 cm³/mol. The molecule has 0 saturated carbocycles. The van der Waals surface area contributed by atoms with Crippen LogP contribution in [0, 0.1) is 6.92 Å². The van der Waals surface area contributed by atoms with Gasteiger partial charge in [0.1, 0.15) is 5.01 Å². The average Bonchev–Trinajstić information content (AvgIpc) is 3.31. The Bertz CT molecular complexity index is 1120. The fraction of sp³-hybridized carbons (Fsp3) is 0.214. The van der Waals surface area contributed by atoms with Crippen molar-refractivity contribution in [3.63, 3.8) is 0 Å². The normalized spacial score (nSPS) is 11.2. The van der Waals surface area contributed by atoms with Crippen LogP contribution in [0.15, 0.2) is 90.3 Å². The van der Waals surface area contributed by atoms with E-state index in [1.807, 2.05) is 0 Å². The molecule has 0 bridgehead atoms. The Labute approximate surface area is 199 Å². The summed E-state index contributed by atoms with van der Waals surface area (Å²) < 4.78 is 0. The van der Waals surface area contributed by atoms with Crippen molar-refractivity contribution in [2.24, 2.45) is 0 Å². The van der Waals surface area contributed by atoms with Gasteiger partial charge in [-0.05, 0) is 36.6 Å². The van der Waals surface area contributed by atoms with Gasteiger partial charge in [0.15, 0.2) is 5.69 Å². The minimum Gasteiger partial charge on any atom is -0.476 e. The van der Waals surface area contributed by atoms with Crippen LogP contribution in [-0.4, -0.2) is 27.5 Å². The van der Waals surface area contributed by atoms with Crippen LogP contribution in [0.1, 0.15) is 50.1 Å². The third-order valence-corrected chi connectivity index (χ3v) is 6.63. The second kappa shape index (κ2) is 11.0. The molecule has 0 aliphatic carbocycles. The number of aryl methyl sites for hydroxylation is 1. The maximum absolute atomic E-state index is 11.3. The molecule has 4 nitrogen and oxygen atoms in total. The summed E-state index contributed by atoms with van der Waals surface area (Å²) in [6.07, 6.45) is 0.955. The van der Waals surface area contributed by atoms with Crippen molar-refractivity contribution >= 4 is 17.3 Å². The van der Waals surface area contributed by atoms with Gasteiger partial charge in [-0.2, -0.15) is 0 Å². The number of carboxylic acids is 1. The third kappa shape index (κ3) is 6.37. The Morgan fingerprint density at radius 3 is 2.06 bits per heavy atom. The highest BCUT2D eigenvalue weighted by molar-refractivity contribution is 7.09. The van der Waals surface area contributed by atoms with Crippen molar-refractivity contribution < 1.29 is 9.90 Å². The third-order valence-electron chi connectivity index (χ3n) is 5.79. The van der Waals surface area contributed by atoms with Crippen molar-refractivity contribution in [2.45, 2.75) is 32.4 Å². The number of aromatic carboxylic acids is 1. The summed E-state index contributed by atoms with van der Waals surface area (Å²) in [5.74, 6) is -0.686. The summed E-state index contributed by atoms with van der Waals surface area (Å²) in [5.41, 5.74) is 5.22. The van der Waals surface area contributed by atoms with E-state index in [1.165, 1.54) is 33.6 Å². The number of thiazole rings is 1. The topological polar surface area (TPSA) is 53.4 Å². The monoisotopic (exact) mass is 456 g/mol. The fourth-order valence-electron chi connectivity index (χ4n) is 4.05. The smallest absolute Gasteiger partial charge is 0.355 e. The average molecular weight is 457 g/mol. The minimum atomic E-state index is -0.976. The summed E-state index contributed by atoms with van der Waals surface area (Å²) in [4.78, 5) is 18.0. The first-order valence-corrected chi connectivity index (χ1v) is 12.0. The molecular weight excluding hydrogens is 428 g/mol. The van der Waals surface area contributed by atoms with Gasteiger partial charge in [0.25, 0.3) is 0 Å². The standard InChI is InChI=1S/C28H28N2O2S/c1-21-12-14-22(15-13-21)18-30(19-27-29-26(20-33-27)28(31)32)17-16-25(23-8-4-2-5-9-23)24-10-6-3-7-11-24/h2-15,20,25H,16-19H2,1H3,(H,31,32). The minimum absolute atomic E-state index is 0.122. The zero-order chi connectivity index (χ0) is 23.0. The zero-order valence-corrected chi connectivity index (χ0v) is 19.5. The van der Waals surface area contributed by atoms with E-state index in [-0.39, 0.29) is 5.69 Å². The molecule has 4 rings (SSSR count). The Morgan fingerprint density at radius 2 is 1.52 bits per heavy atom. The highest BCUT2D eigenvalue weighted by atomic mass is 32.1. The lowest BCUT2D eigenvalue weighted by Crippen LogP contribution is -2.25. The Hall–Kier alpha value is -3.28. The summed E-state index contributed by atoms with van der Waals surface area (Å²) in [6.45, 7) is 4.37. The van der Waals surface area contributed by atoms with Crippen LogP contribution in [0.4, 0.5) is 0 Å². The zero-order valence-electron chi connectivity index (χ0n) is 18.7. The highest BCUT2D eigenvalue weighted by Crippen LogP contribution is 2.29. The molecule has 168 valence electrons. The van der Waals surface area contributed by atoms with E-state index in [4.69, 9.17) is 0 Å². The lowest BCUT2D eigenvalue weighted by molar-refractivity contribution is 0.0691. The van der Waals surface area contributed by atoms with Gasteiger partial charge in [-0.1, -0.05) is 90.5 Å². The Morgan fingerprint density at radius 1 is 0.909 bits per heavy atom. The molecule has 0 aliphatic heterocycles. The van der Waals surface area contributed by atoms with Crippen molar-refractivity contribution in [1.29, 1.82) is 0 Å². The quantitative estimate of drug-likeness (QED) is 0.301. The van der Waals surface area contributed by atoms with Crippen LogP contribution in [0.5, 0.6) is 0 Å². The first-order chi connectivity index (χ1) is 16.1. The molecule has 0 amide bonds. The molecule has 4 aromatic rings. The number of hydrogen-bond donors (Lipinski definition) is 1. The number of rotatable bonds is 10. The number of benzene rings is 3. The molecular formula is C28H28N2O2S. The lowest BCUT2D eigenvalue weighted by atomic mass is 9.88. The van der Waals surface area contributed by atoms with Crippen molar-refractivity contribution in [1.82, 2.24) is 9.88 Å². The summed E-state index contributed by atoms with van der Waals surface area (Å²) in [5, 5.41) is 11.7. The van der Waals surface area contributed by atoms with Gasteiger partial charge in [-0.15, -0.1) is 11.3 Å². The van der Waals surface area contributed by atoms with E-state index in [9.17, 15) is 9.90 Å². The van der Waals surface area contributed by atoms with Gasteiger partial charge in [-0.3, -0.25) is 4.90 Å². The van der Waals surface area contributed by atoms with Gasteiger partial charge >= 0.3 is 5.97 Å². The number of nitrogens with zero attached hydrogens (tertiary/aromatic N) is 2. The first kappa shape index (κ1) is 22.9. The number of hydrogen-bond acceptors (Lipinski definition) is 4. The molecule has 0 fully saturated rings. The molecule has 5 heteroatoms. The molecule has 1 heterocycles. The van der Waals surface area contributed by atoms with Gasteiger partial charge in [-0.25, -0.2) is 9.78 Å².